The van der Waals surface area contributed by atoms with Crippen LogP contribution in [0, 0.1) is 0 Å². The van der Waals surface area contributed by atoms with Gasteiger partial charge in [-0.2, -0.15) is 0 Å². The lowest BCUT2D eigenvalue weighted by molar-refractivity contribution is 0.104. The lowest BCUT2D eigenvalue weighted by Crippen LogP contribution is -1.92. The first-order valence-electron chi connectivity index (χ1n) is 7.32. The number of rotatable bonds is 6. The van der Waals surface area contributed by atoms with Crippen LogP contribution in [0.3, 0.4) is 0 Å². The summed E-state index contributed by atoms with van der Waals surface area (Å²) in [6.07, 6.45) is 1.57. The molecule has 3 aromatic rings. The Bertz CT molecular complexity index is 888. The Balaban J connectivity index is 1.68. The van der Waals surface area contributed by atoms with E-state index in [0.29, 0.717) is 12.2 Å². The van der Waals surface area contributed by atoms with Gasteiger partial charge in [-0.25, -0.2) is 4.98 Å². The summed E-state index contributed by atoms with van der Waals surface area (Å²) in [4.78, 5) is 16.6. The molecule has 0 N–H and O–H groups in total. The van der Waals surface area contributed by atoms with Crippen LogP contribution in [0.15, 0.2) is 62.8 Å². The van der Waals surface area contributed by atoms with Crippen LogP contribution in [0.1, 0.15) is 17.3 Å². The van der Waals surface area contributed by atoms with Gasteiger partial charge in [0.05, 0.1) is 16.8 Å². The number of thiazole rings is 1. The predicted octanol–water partition coefficient (Wildman–Crippen LogP) is 5.95. The van der Waals surface area contributed by atoms with Gasteiger partial charge in [0, 0.05) is 10.0 Å². The third-order valence-electron chi connectivity index (χ3n) is 3.17. The fourth-order valence-electron chi connectivity index (χ4n) is 2.06. The molecule has 0 spiro atoms. The Hall–Kier alpha value is -1.63. The third-order valence-corrected chi connectivity index (χ3v) is 5.61. The second-order valence-electron chi connectivity index (χ2n) is 4.83. The molecular weight excluding hydrogens is 406 g/mol. The van der Waals surface area contributed by atoms with Crippen molar-refractivity contribution in [2.75, 3.05) is 6.61 Å². The quantitative estimate of drug-likeness (QED) is 0.281. The summed E-state index contributed by atoms with van der Waals surface area (Å²) in [6, 6.07) is 13.2. The van der Waals surface area contributed by atoms with Crippen LogP contribution in [0.5, 0.6) is 5.75 Å². The highest BCUT2D eigenvalue weighted by Crippen LogP contribution is 2.32. The summed E-state index contributed by atoms with van der Waals surface area (Å²) >= 11 is 6.40. The molecule has 0 aliphatic rings. The molecule has 0 unspecified atom stereocenters. The van der Waals surface area contributed by atoms with Crippen molar-refractivity contribution in [3.05, 3.63) is 64.0 Å². The van der Waals surface area contributed by atoms with Crippen molar-refractivity contribution in [3.8, 4) is 5.75 Å². The molecule has 24 heavy (non-hydrogen) atoms. The predicted molar refractivity (Wildman–Crippen MR) is 104 cm³/mol. The van der Waals surface area contributed by atoms with Crippen LogP contribution in [0.4, 0.5) is 0 Å². The highest BCUT2D eigenvalue weighted by atomic mass is 79.9. The van der Waals surface area contributed by atoms with Gasteiger partial charge in [0.15, 0.2) is 10.1 Å². The maximum atomic E-state index is 12.1. The van der Waals surface area contributed by atoms with Crippen LogP contribution < -0.4 is 4.74 Å². The molecule has 1 aromatic heterocycles. The Morgan fingerprint density at radius 1 is 1.29 bits per heavy atom. The average Bonchev–Trinajstić information content (AvgIpc) is 2.97. The van der Waals surface area contributed by atoms with Gasteiger partial charge in [-0.1, -0.05) is 27.7 Å². The highest BCUT2D eigenvalue weighted by molar-refractivity contribution is 9.10. The van der Waals surface area contributed by atoms with Crippen molar-refractivity contribution in [1.29, 1.82) is 0 Å². The smallest absolute Gasteiger partial charge is 0.186 e. The van der Waals surface area contributed by atoms with Gasteiger partial charge in [-0.3, -0.25) is 4.79 Å². The van der Waals surface area contributed by atoms with Crippen molar-refractivity contribution in [2.45, 2.75) is 11.3 Å². The van der Waals surface area contributed by atoms with E-state index in [-0.39, 0.29) is 5.78 Å². The first-order valence-corrected chi connectivity index (χ1v) is 9.81. The normalized spacial score (nSPS) is 11.2. The zero-order valence-electron chi connectivity index (χ0n) is 12.9. The number of thioether (sulfide) groups is 1. The van der Waals surface area contributed by atoms with E-state index in [1.165, 1.54) is 11.8 Å². The van der Waals surface area contributed by atoms with Gasteiger partial charge in [0.2, 0.25) is 0 Å². The summed E-state index contributed by atoms with van der Waals surface area (Å²) in [6.45, 7) is 2.61. The number of nitrogens with zero attached hydrogens (tertiary/aromatic N) is 1. The molecule has 0 fully saturated rings. The zero-order valence-corrected chi connectivity index (χ0v) is 16.1. The van der Waals surface area contributed by atoms with Crippen LogP contribution in [0.25, 0.3) is 10.2 Å². The lowest BCUT2D eigenvalue weighted by Gasteiger charge is -2.00. The summed E-state index contributed by atoms with van der Waals surface area (Å²) < 4.78 is 8.44. The second-order valence-corrected chi connectivity index (χ2v) is 7.93. The number of ether oxygens (including phenoxy) is 1. The van der Waals surface area contributed by atoms with Gasteiger partial charge in [-0.05, 0) is 60.9 Å². The second kappa shape index (κ2) is 7.96. The molecule has 3 nitrogen and oxygen atoms in total. The molecule has 0 radical (unpaired) electrons. The third kappa shape index (κ3) is 4.26. The van der Waals surface area contributed by atoms with Crippen LogP contribution in [-0.2, 0) is 0 Å². The Labute approximate surface area is 156 Å². The molecule has 0 aliphatic carbocycles. The molecule has 0 aliphatic heterocycles. The topological polar surface area (TPSA) is 39.2 Å². The first-order chi connectivity index (χ1) is 11.7. The van der Waals surface area contributed by atoms with Gasteiger partial charge in [0.25, 0.3) is 0 Å². The Morgan fingerprint density at radius 2 is 2.08 bits per heavy atom. The zero-order chi connectivity index (χ0) is 16.9. The van der Waals surface area contributed by atoms with Crippen molar-refractivity contribution in [1.82, 2.24) is 4.98 Å². The van der Waals surface area contributed by atoms with Crippen LogP contribution in [-0.4, -0.2) is 17.4 Å². The number of aromatic nitrogens is 1. The molecule has 0 amide bonds. The van der Waals surface area contributed by atoms with Crippen molar-refractivity contribution >= 4 is 55.0 Å². The number of hydrogen-bond acceptors (Lipinski definition) is 5. The minimum Gasteiger partial charge on any atom is -0.494 e. The number of carbonyl (C=O) groups is 1. The van der Waals surface area contributed by atoms with E-state index in [1.807, 2.05) is 37.3 Å². The van der Waals surface area contributed by atoms with Crippen LogP contribution in [0.2, 0.25) is 0 Å². The SMILES string of the molecule is CCOc1ccc2nc(S/C=C\C(=O)c3ccc(Br)cc3)sc2c1. The molecule has 1 heterocycles. The minimum absolute atomic E-state index is 0.0188. The number of halogens is 1. The molecule has 0 atom stereocenters. The number of ketones is 1. The Morgan fingerprint density at radius 3 is 2.83 bits per heavy atom. The molecule has 0 bridgehead atoms. The number of allylic oxidation sites excluding steroid dienone is 1. The van der Waals surface area contributed by atoms with E-state index in [4.69, 9.17) is 4.74 Å². The minimum atomic E-state index is -0.0188. The summed E-state index contributed by atoms with van der Waals surface area (Å²) in [5.74, 6) is 0.834. The van der Waals surface area contributed by atoms with E-state index in [2.05, 4.69) is 20.9 Å². The van der Waals surface area contributed by atoms with E-state index in [0.717, 1.165) is 24.8 Å². The summed E-state index contributed by atoms with van der Waals surface area (Å²) in [5.41, 5.74) is 1.61. The molecule has 3 rings (SSSR count). The van der Waals surface area contributed by atoms with E-state index >= 15 is 0 Å². The van der Waals surface area contributed by atoms with Crippen molar-refractivity contribution in [3.63, 3.8) is 0 Å². The van der Waals surface area contributed by atoms with Gasteiger partial charge < -0.3 is 4.74 Å². The fraction of sp³-hybridized carbons (Fsp3) is 0.111. The van der Waals surface area contributed by atoms with Gasteiger partial charge >= 0.3 is 0 Å². The summed E-state index contributed by atoms with van der Waals surface area (Å²) in [5, 5.41) is 1.78. The molecule has 0 saturated carbocycles. The number of benzene rings is 2. The standard InChI is InChI=1S/C18H14BrNO2S2/c1-2-22-14-7-8-15-17(11-14)24-18(20-15)23-10-9-16(21)12-3-5-13(19)6-4-12/h3-11H,2H2,1H3/b10-9-. The molecule has 0 saturated heterocycles. The lowest BCUT2D eigenvalue weighted by atomic mass is 10.1. The average molecular weight is 420 g/mol. The largest absolute Gasteiger partial charge is 0.494 e. The summed E-state index contributed by atoms with van der Waals surface area (Å²) in [7, 11) is 0. The Kier molecular flexibility index (Phi) is 5.71. The number of carbonyl (C=O) groups excluding carboxylic acids is 1. The first kappa shape index (κ1) is 17.2. The maximum absolute atomic E-state index is 12.1. The maximum Gasteiger partial charge on any atom is 0.186 e. The highest BCUT2D eigenvalue weighted by Gasteiger charge is 2.06. The molecule has 122 valence electrons. The van der Waals surface area contributed by atoms with Crippen molar-refractivity contribution in [2.24, 2.45) is 0 Å². The monoisotopic (exact) mass is 419 g/mol. The van der Waals surface area contributed by atoms with E-state index < -0.39 is 0 Å². The van der Waals surface area contributed by atoms with Crippen LogP contribution >= 0.6 is 39.0 Å². The van der Waals surface area contributed by atoms with E-state index in [1.54, 1.807) is 35.0 Å². The van der Waals surface area contributed by atoms with Gasteiger partial charge in [0.1, 0.15) is 5.75 Å². The van der Waals surface area contributed by atoms with E-state index in [9.17, 15) is 4.79 Å². The number of hydrogen-bond donors (Lipinski definition) is 0. The fourth-order valence-corrected chi connectivity index (χ4v) is 4.13. The van der Waals surface area contributed by atoms with Gasteiger partial charge in [-0.15, -0.1) is 11.3 Å². The van der Waals surface area contributed by atoms with Crippen molar-refractivity contribution < 1.29 is 9.53 Å². The number of fused-ring (bicyclic) bond motifs is 1. The molecule has 2 aromatic carbocycles. The molecule has 6 heteroatoms. The molecular formula is C18H14BrNO2S2.